The summed E-state index contributed by atoms with van der Waals surface area (Å²) in [4.78, 5) is 14.3. The summed E-state index contributed by atoms with van der Waals surface area (Å²) in [5, 5.41) is 2.98. The van der Waals surface area contributed by atoms with E-state index < -0.39 is 0 Å². The number of carbonyl (C=O) groups excluding carboxylic acids is 1. The van der Waals surface area contributed by atoms with Crippen LogP contribution < -0.4 is 5.32 Å². The van der Waals surface area contributed by atoms with Gasteiger partial charge < -0.3 is 10.1 Å². The number of carbonyl (C=O) groups is 1. The van der Waals surface area contributed by atoms with Crippen molar-refractivity contribution in [3.05, 3.63) is 40.4 Å². The number of amides is 1. The molecule has 4 nitrogen and oxygen atoms in total. The number of ether oxygens (including phenoxy) is 1. The second-order valence-electron chi connectivity index (χ2n) is 6.01. The zero-order valence-electron chi connectivity index (χ0n) is 13.1. The Balaban J connectivity index is 1.82. The van der Waals surface area contributed by atoms with Gasteiger partial charge in [-0.05, 0) is 37.6 Å². The van der Waals surface area contributed by atoms with Crippen LogP contribution in [0, 0.1) is 0 Å². The number of nitrogens with one attached hydrogen (secondary N) is 1. The maximum absolute atomic E-state index is 12.0. The van der Waals surface area contributed by atoms with Crippen LogP contribution in [0.5, 0.6) is 0 Å². The fraction of sp³-hybridized carbons (Fsp3) is 0.471. The predicted molar refractivity (Wildman–Crippen MR) is 92.7 cm³/mol. The van der Waals surface area contributed by atoms with Gasteiger partial charge in [-0.25, -0.2) is 0 Å². The Morgan fingerprint density at radius 3 is 2.59 bits per heavy atom. The zero-order chi connectivity index (χ0) is 16.0. The predicted octanol–water partition coefficient (Wildman–Crippen LogP) is 2.69. The van der Waals surface area contributed by atoms with Gasteiger partial charge in [-0.2, -0.15) is 0 Å². The molecule has 0 unspecified atom stereocenters. The highest BCUT2D eigenvalue weighted by Gasteiger charge is 2.28. The summed E-state index contributed by atoms with van der Waals surface area (Å²) >= 11 is 3.39. The van der Waals surface area contributed by atoms with Crippen LogP contribution in [0.15, 0.2) is 34.8 Å². The molecule has 120 valence electrons. The minimum Gasteiger partial charge on any atom is -0.379 e. The van der Waals surface area contributed by atoms with E-state index in [1.807, 2.05) is 30.3 Å². The molecular formula is C17H23BrN2O2. The lowest BCUT2D eigenvalue weighted by Gasteiger charge is -2.40. The molecule has 0 spiro atoms. The molecule has 1 aromatic rings. The van der Waals surface area contributed by atoms with E-state index in [9.17, 15) is 4.79 Å². The molecule has 0 atom stereocenters. The first-order valence-corrected chi connectivity index (χ1v) is 8.31. The van der Waals surface area contributed by atoms with Crippen molar-refractivity contribution in [2.75, 3.05) is 32.8 Å². The van der Waals surface area contributed by atoms with E-state index in [-0.39, 0.29) is 11.4 Å². The highest BCUT2D eigenvalue weighted by atomic mass is 79.9. The van der Waals surface area contributed by atoms with E-state index in [1.165, 1.54) is 0 Å². The van der Waals surface area contributed by atoms with Gasteiger partial charge in [0.05, 0.1) is 13.2 Å². The summed E-state index contributed by atoms with van der Waals surface area (Å²) < 4.78 is 6.40. The molecule has 1 aromatic carbocycles. The first-order valence-electron chi connectivity index (χ1n) is 7.52. The van der Waals surface area contributed by atoms with E-state index in [2.05, 4.69) is 40.0 Å². The van der Waals surface area contributed by atoms with Crippen LogP contribution in [-0.4, -0.2) is 49.2 Å². The number of hydrogen-bond donors (Lipinski definition) is 1. The third-order valence-corrected chi connectivity index (χ3v) is 4.39. The summed E-state index contributed by atoms with van der Waals surface area (Å²) in [6.45, 7) is 8.28. The molecule has 0 aromatic heterocycles. The van der Waals surface area contributed by atoms with Crippen molar-refractivity contribution >= 4 is 27.9 Å². The van der Waals surface area contributed by atoms with Gasteiger partial charge in [0.1, 0.15) is 0 Å². The zero-order valence-corrected chi connectivity index (χ0v) is 14.7. The lowest BCUT2D eigenvalue weighted by atomic mass is 10.0. The first-order chi connectivity index (χ1) is 10.5. The fourth-order valence-electron chi connectivity index (χ4n) is 2.39. The first kappa shape index (κ1) is 17.2. The lowest BCUT2D eigenvalue weighted by Crippen LogP contribution is -2.55. The molecule has 1 aliphatic heterocycles. The van der Waals surface area contributed by atoms with Crippen molar-refractivity contribution in [2.24, 2.45) is 0 Å². The third kappa shape index (κ3) is 5.23. The van der Waals surface area contributed by atoms with Crippen LogP contribution in [0.25, 0.3) is 6.08 Å². The second-order valence-corrected chi connectivity index (χ2v) is 6.93. The molecule has 1 saturated heterocycles. The molecule has 0 bridgehead atoms. The van der Waals surface area contributed by atoms with Crippen molar-refractivity contribution < 1.29 is 9.53 Å². The molecule has 1 fully saturated rings. The summed E-state index contributed by atoms with van der Waals surface area (Å²) in [5.41, 5.74) is 0.941. The molecule has 2 rings (SSSR count). The molecule has 1 N–H and O–H groups in total. The molecule has 1 heterocycles. The second kappa shape index (κ2) is 7.90. The highest BCUT2D eigenvalue weighted by molar-refractivity contribution is 9.10. The normalized spacial score (nSPS) is 16.9. The van der Waals surface area contributed by atoms with Crippen molar-refractivity contribution in [2.45, 2.75) is 19.4 Å². The third-order valence-electron chi connectivity index (χ3n) is 3.86. The molecule has 22 heavy (non-hydrogen) atoms. The molecule has 1 aliphatic rings. The van der Waals surface area contributed by atoms with Crippen molar-refractivity contribution in [1.29, 1.82) is 0 Å². The van der Waals surface area contributed by atoms with Crippen molar-refractivity contribution in [3.63, 3.8) is 0 Å². The summed E-state index contributed by atoms with van der Waals surface area (Å²) in [7, 11) is 0. The quantitative estimate of drug-likeness (QED) is 0.814. The van der Waals surface area contributed by atoms with E-state index in [4.69, 9.17) is 4.74 Å². The molecule has 0 saturated carbocycles. The average Bonchev–Trinajstić information content (AvgIpc) is 2.53. The van der Waals surface area contributed by atoms with E-state index in [0.29, 0.717) is 6.54 Å². The summed E-state index contributed by atoms with van der Waals surface area (Å²) in [6.07, 6.45) is 3.40. The maximum Gasteiger partial charge on any atom is 0.244 e. The number of benzene rings is 1. The Bertz CT molecular complexity index is 520. The maximum atomic E-state index is 12.0. The van der Waals surface area contributed by atoms with Gasteiger partial charge in [-0.15, -0.1) is 0 Å². The fourth-order valence-corrected chi connectivity index (χ4v) is 2.65. The number of rotatable bonds is 5. The number of nitrogens with zero attached hydrogens (tertiary/aromatic N) is 1. The topological polar surface area (TPSA) is 41.6 Å². The highest BCUT2D eigenvalue weighted by Crippen LogP contribution is 2.15. The number of morpholine rings is 1. The summed E-state index contributed by atoms with van der Waals surface area (Å²) in [6, 6.07) is 7.84. The smallest absolute Gasteiger partial charge is 0.244 e. The standard InChI is InChI=1S/C17H23BrN2O2/c1-17(2,20-9-11-22-12-10-20)13-19-16(21)8-5-14-3-6-15(18)7-4-14/h3-8H,9-13H2,1-2H3,(H,19,21). The Kier molecular flexibility index (Phi) is 6.17. The van der Waals surface area contributed by atoms with Crippen LogP contribution in [0.1, 0.15) is 19.4 Å². The molecule has 1 amide bonds. The SMILES string of the molecule is CC(C)(CNC(=O)C=Cc1ccc(Br)cc1)N1CCOCC1. The van der Waals surface area contributed by atoms with Gasteiger partial charge in [-0.1, -0.05) is 28.1 Å². The van der Waals surface area contributed by atoms with Crippen LogP contribution >= 0.6 is 15.9 Å². The van der Waals surface area contributed by atoms with Gasteiger partial charge >= 0.3 is 0 Å². The van der Waals surface area contributed by atoms with Crippen LogP contribution in [-0.2, 0) is 9.53 Å². The van der Waals surface area contributed by atoms with Gasteiger partial charge in [-0.3, -0.25) is 9.69 Å². The van der Waals surface area contributed by atoms with Crippen LogP contribution in [0.2, 0.25) is 0 Å². The van der Waals surface area contributed by atoms with E-state index >= 15 is 0 Å². The van der Waals surface area contributed by atoms with Crippen LogP contribution in [0.4, 0.5) is 0 Å². The van der Waals surface area contributed by atoms with Gasteiger partial charge in [0.25, 0.3) is 0 Å². The summed E-state index contributed by atoms with van der Waals surface area (Å²) in [5.74, 6) is -0.0655. The Morgan fingerprint density at radius 2 is 1.95 bits per heavy atom. The van der Waals surface area contributed by atoms with Gasteiger partial charge in [0.15, 0.2) is 0 Å². The van der Waals surface area contributed by atoms with Crippen LogP contribution in [0.3, 0.4) is 0 Å². The minimum absolute atomic E-state index is 0.0646. The Morgan fingerprint density at radius 1 is 1.32 bits per heavy atom. The van der Waals surface area contributed by atoms with E-state index in [0.717, 1.165) is 36.3 Å². The Hall–Kier alpha value is -1.17. The largest absolute Gasteiger partial charge is 0.379 e. The van der Waals surface area contributed by atoms with E-state index in [1.54, 1.807) is 6.08 Å². The van der Waals surface area contributed by atoms with Gasteiger partial charge in [0.2, 0.25) is 5.91 Å². The molecule has 5 heteroatoms. The van der Waals surface area contributed by atoms with Crippen molar-refractivity contribution in [3.8, 4) is 0 Å². The minimum atomic E-state index is -0.0655. The Labute approximate surface area is 140 Å². The monoisotopic (exact) mass is 366 g/mol. The van der Waals surface area contributed by atoms with Gasteiger partial charge in [0, 0.05) is 35.7 Å². The molecular weight excluding hydrogens is 344 g/mol. The molecule has 0 radical (unpaired) electrons. The average molecular weight is 367 g/mol. The lowest BCUT2D eigenvalue weighted by molar-refractivity contribution is -0.117. The molecule has 0 aliphatic carbocycles. The number of halogens is 1. The number of hydrogen-bond acceptors (Lipinski definition) is 3. The van der Waals surface area contributed by atoms with Crippen molar-refractivity contribution in [1.82, 2.24) is 10.2 Å².